The number of ether oxygens (including phenoxy) is 2. The van der Waals surface area contributed by atoms with Gasteiger partial charge in [-0.05, 0) is 0 Å². The van der Waals surface area contributed by atoms with E-state index < -0.39 is 10.5 Å². The smallest absolute Gasteiger partial charge is 0.316 e. The molecule has 0 heterocycles. The number of nitrogens with zero attached hydrogens (tertiary/aromatic N) is 2. The monoisotopic (exact) mass is 255 g/mol. The van der Waals surface area contributed by atoms with Crippen LogP contribution < -0.4 is 14.8 Å². The van der Waals surface area contributed by atoms with E-state index in [2.05, 4.69) is 9.68 Å². The Balaban J connectivity index is 3.43. The molecular formula is C9H9N3O4S. The molecule has 17 heavy (non-hydrogen) atoms. The zero-order chi connectivity index (χ0) is 12.8. The number of rotatable bonds is 4. The summed E-state index contributed by atoms with van der Waals surface area (Å²) < 4.78 is 34.3. The van der Waals surface area contributed by atoms with Crippen molar-refractivity contribution in [1.29, 1.82) is 5.26 Å². The van der Waals surface area contributed by atoms with Gasteiger partial charge in [0.2, 0.25) is 0 Å². The first-order chi connectivity index (χ1) is 8.12. The number of hydrogen-bond donors (Lipinski definition) is 1. The second-order valence-electron chi connectivity index (χ2n) is 2.77. The third-order valence-corrected chi connectivity index (χ3v) is 2.21. The van der Waals surface area contributed by atoms with Crippen molar-refractivity contribution in [2.75, 3.05) is 19.5 Å². The molecule has 0 saturated heterocycles. The first-order valence-corrected chi connectivity index (χ1v) is 5.37. The molecule has 1 aromatic rings. The van der Waals surface area contributed by atoms with Gasteiger partial charge in [-0.15, -0.1) is 4.36 Å². The van der Waals surface area contributed by atoms with Crippen molar-refractivity contribution in [3.63, 3.8) is 0 Å². The van der Waals surface area contributed by atoms with Crippen LogP contribution in [0.1, 0.15) is 0 Å². The molecule has 0 atom stereocenters. The van der Waals surface area contributed by atoms with Crippen molar-refractivity contribution in [3.8, 4) is 17.7 Å². The van der Waals surface area contributed by atoms with Gasteiger partial charge in [0.15, 0.2) is 6.19 Å². The summed E-state index contributed by atoms with van der Waals surface area (Å²) in [6, 6.07) is 2.78. The summed E-state index contributed by atoms with van der Waals surface area (Å²) in [6.45, 7) is 0. The van der Waals surface area contributed by atoms with Crippen molar-refractivity contribution >= 4 is 21.9 Å². The fourth-order valence-electron chi connectivity index (χ4n) is 1.19. The van der Waals surface area contributed by atoms with E-state index >= 15 is 0 Å². The fraction of sp³-hybridized carbons (Fsp3) is 0.222. The van der Waals surface area contributed by atoms with E-state index in [4.69, 9.17) is 14.7 Å². The van der Waals surface area contributed by atoms with E-state index in [0.717, 1.165) is 0 Å². The minimum absolute atomic E-state index is 0.0983. The van der Waals surface area contributed by atoms with Gasteiger partial charge in [0.1, 0.15) is 17.2 Å². The summed E-state index contributed by atoms with van der Waals surface area (Å²) in [4.78, 5) is 0. The van der Waals surface area contributed by atoms with Gasteiger partial charge in [-0.1, -0.05) is 0 Å². The number of nitrogens with one attached hydrogen (secondary N) is 1. The van der Waals surface area contributed by atoms with Crippen molar-refractivity contribution < 1.29 is 17.9 Å². The van der Waals surface area contributed by atoms with Crippen LogP contribution in [-0.4, -0.2) is 22.6 Å². The van der Waals surface area contributed by atoms with E-state index in [1.165, 1.54) is 26.4 Å². The topological polar surface area (TPSA) is 101 Å². The van der Waals surface area contributed by atoms with Gasteiger partial charge in [0.25, 0.3) is 0 Å². The number of hydrogen-bond acceptors (Lipinski definition) is 7. The molecule has 8 heteroatoms. The van der Waals surface area contributed by atoms with Gasteiger partial charge in [0.05, 0.1) is 19.9 Å². The van der Waals surface area contributed by atoms with Crippen LogP contribution in [0.2, 0.25) is 0 Å². The predicted molar refractivity (Wildman–Crippen MR) is 59.8 cm³/mol. The second-order valence-corrected chi connectivity index (χ2v) is 3.39. The van der Waals surface area contributed by atoms with Gasteiger partial charge < -0.3 is 9.47 Å². The molecule has 0 radical (unpaired) electrons. The average Bonchev–Trinajstić information content (AvgIpc) is 2.30. The van der Waals surface area contributed by atoms with Crippen LogP contribution in [0.4, 0.5) is 11.4 Å². The van der Waals surface area contributed by atoms with E-state index in [1.807, 2.05) is 0 Å². The van der Waals surface area contributed by atoms with Gasteiger partial charge in [0, 0.05) is 12.1 Å². The Morgan fingerprint density at radius 1 is 1.29 bits per heavy atom. The highest BCUT2D eigenvalue weighted by atomic mass is 32.2. The molecule has 0 aromatic heterocycles. The molecule has 0 amide bonds. The fourth-order valence-corrected chi connectivity index (χ4v) is 1.49. The summed E-state index contributed by atoms with van der Waals surface area (Å²) >= 11 is 0. The van der Waals surface area contributed by atoms with Crippen molar-refractivity contribution in [1.82, 2.24) is 0 Å². The lowest BCUT2D eigenvalue weighted by Gasteiger charge is -2.10. The summed E-state index contributed by atoms with van der Waals surface area (Å²) in [5.41, 5.74) is 0.462. The Morgan fingerprint density at radius 2 is 1.94 bits per heavy atom. The van der Waals surface area contributed by atoms with E-state index in [-0.39, 0.29) is 17.2 Å². The Kier molecular flexibility index (Phi) is 4.30. The maximum Gasteiger partial charge on any atom is 0.316 e. The molecule has 90 valence electrons. The van der Waals surface area contributed by atoms with Gasteiger partial charge in [-0.25, -0.2) is 0 Å². The molecule has 0 aliphatic carbocycles. The Morgan fingerprint density at radius 3 is 2.41 bits per heavy atom. The zero-order valence-corrected chi connectivity index (χ0v) is 9.91. The SMILES string of the molecule is COc1cc(NC#N)c(OC)cc1N=S(=O)=O. The maximum absolute atomic E-state index is 10.5. The molecule has 0 saturated carbocycles. The molecule has 1 rings (SSSR count). The molecule has 0 unspecified atom stereocenters. The van der Waals surface area contributed by atoms with Crippen LogP contribution in [0.3, 0.4) is 0 Å². The minimum Gasteiger partial charge on any atom is -0.494 e. The molecule has 0 fully saturated rings. The third kappa shape index (κ3) is 3.09. The van der Waals surface area contributed by atoms with Crippen LogP contribution in [0.5, 0.6) is 11.5 Å². The summed E-state index contributed by atoms with van der Waals surface area (Å²) in [7, 11) is 0.162. The summed E-state index contributed by atoms with van der Waals surface area (Å²) in [6.07, 6.45) is 1.73. The van der Waals surface area contributed by atoms with Crippen LogP contribution in [0.25, 0.3) is 0 Å². The second kappa shape index (κ2) is 5.72. The highest BCUT2D eigenvalue weighted by Gasteiger charge is 2.10. The maximum atomic E-state index is 10.5. The lowest BCUT2D eigenvalue weighted by Crippen LogP contribution is -1.95. The van der Waals surface area contributed by atoms with Crippen molar-refractivity contribution in [3.05, 3.63) is 12.1 Å². The van der Waals surface area contributed by atoms with Crippen LogP contribution in [-0.2, 0) is 10.5 Å². The van der Waals surface area contributed by atoms with Gasteiger partial charge >= 0.3 is 10.5 Å². The van der Waals surface area contributed by atoms with Crippen molar-refractivity contribution in [2.24, 2.45) is 4.36 Å². The first kappa shape index (κ1) is 12.8. The quantitative estimate of drug-likeness (QED) is 0.642. The number of nitriles is 1. The number of benzene rings is 1. The van der Waals surface area contributed by atoms with Gasteiger partial charge in [-0.2, -0.15) is 13.7 Å². The normalized spacial score (nSPS) is 9.00. The minimum atomic E-state index is -2.60. The molecule has 1 N–H and O–H groups in total. The first-order valence-electron chi connectivity index (χ1n) is 4.34. The van der Waals surface area contributed by atoms with Gasteiger partial charge in [-0.3, -0.25) is 5.32 Å². The number of methoxy groups -OCH3 is 2. The van der Waals surface area contributed by atoms with E-state index in [0.29, 0.717) is 5.69 Å². The Bertz CT molecular complexity index is 581. The molecule has 1 aromatic carbocycles. The summed E-state index contributed by atoms with van der Waals surface area (Å²) in [5, 5.41) is 10.9. The zero-order valence-electron chi connectivity index (χ0n) is 9.09. The number of anilines is 1. The van der Waals surface area contributed by atoms with E-state index in [1.54, 1.807) is 6.19 Å². The Hall–Kier alpha value is -2.27. The predicted octanol–water partition coefficient (Wildman–Crippen LogP) is 1.29. The molecule has 0 bridgehead atoms. The molecule has 7 nitrogen and oxygen atoms in total. The molecule has 0 aliphatic heterocycles. The molecule has 0 aliphatic rings. The van der Waals surface area contributed by atoms with Crippen molar-refractivity contribution in [2.45, 2.75) is 0 Å². The lowest BCUT2D eigenvalue weighted by molar-refractivity contribution is 0.406. The largest absolute Gasteiger partial charge is 0.494 e. The Labute approximate surface area is 99.3 Å². The highest BCUT2D eigenvalue weighted by Crippen LogP contribution is 2.37. The molecular weight excluding hydrogens is 246 g/mol. The van der Waals surface area contributed by atoms with Crippen LogP contribution in [0.15, 0.2) is 16.5 Å². The average molecular weight is 255 g/mol. The summed E-state index contributed by atoms with van der Waals surface area (Å²) in [5.74, 6) is 0.504. The van der Waals surface area contributed by atoms with E-state index in [9.17, 15) is 8.42 Å². The standard InChI is InChI=1S/C9H9N3O4S/c1-15-8-4-7(12-17(13)14)9(16-2)3-6(8)11-5-10/h3-4,11H,1-2H3. The van der Waals surface area contributed by atoms with Crippen LogP contribution in [0, 0.1) is 11.5 Å². The van der Waals surface area contributed by atoms with Crippen LogP contribution >= 0.6 is 0 Å². The molecule has 0 spiro atoms. The third-order valence-electron chi connectivity index (χ3n) is 1.86. The highest BCUT2D eigenvalue weighted by molar-refractivity contribution is 7.61. The lowest BCUT2D eigenvalue weighted by atomic mass is 10.2.